The van der Waals surface area contributed by atoms with Crippen molar-refractivity contribution >= 4 is 6.09 Å². The number of rotatable bonds is 4. The zero-order chi connectivity index (χ0) is 16.2. The molecule has 0 saturated heterocycles. The molecule has 1 aliphatic carbocycles. The van der Waals surface area contributed by atoms with Crippen LogP contribution in [0.5, 0.6) is 0 Å². The Bertz CT molecular complexity index is 366. The van der Waals surface area contributed by atoms with Crippen LogP contribution in [-0.2, 0) is 4.74 Å². The van der Waals surface area contributed by atoms with E-state index in [1.807, 2.05) is 20.8 Å². The summed E-state index contributed by atoms with van der Waals surface area (Å²) in [5.74, 6) is -0.537. The largest absolute Gasteiger partial charge is 0.445 e. The second-order valence-corrected chi connectivity index (χ2v) is 6.69. The number of amides is 1. The van der Waals surface area contributed by atoms with Gasteiger partial charge in [-0.15, -0.1) is 0 Å². The quantitative estimate of drug-likeness (QED) is 0.572. The third-order valence-corrected chi connectivity index (χ3v) is 4.15. The van der Waals surface area contributed by atoms with E-state index in [4.69, 9.17) is 4.74 Å². The molecule has 3 unspecified atom stereocenters. The topological polar surface area (TPSA) is 99.0 Å². The summed E-state index contributed by atoms with van der Waals surface area (Å²) in [5, 5.41) is 32.7. The summed E-state index contributed by atoms with van der Waals surface area (Å²) in [6, 6.07) is -0.863. The van der Waals surface area contributed by atoms with Crippen LogP contribution in [0.1, 0.15) is 27.2 Å². The lowest BCUT2D eigenvalue weighted by atomic mass is 9.65. The van der Waals surface area contributed by atoms with Gasteiger partial charge in [-0.2, -0.15) is 0 Å². The molecular weight excluding hydrogens is 274 g/mol. The van der Waals surface area contributed by atoms with Gasteiger partial charge in [0.15, 0.2) is 0 Å². The van der Waals surface area contributed by atoms with Gasteiger partial charge in [0.2, 0.25) is 0 Å². The van der Waals surface area contributed by atoms with Gasteiger partial charge in [-0.3, -0.25) is 0 Å². The Kier molecular flexibility index (Phi) is 6.19. The minimum Gasteiger partial charge on any atom is -0.445 e. The molecule has 1 aliphatic rings. The number of aliphatic hydroxyl groups excluding tert-OH is 3. The highest BCUT2D eigenvalue weighted by molar-refractivity contribution is 5.68. The molecule has 6 nitrogen and oxygen atoms in total. The number of carbonyl (C=O) groups excluding carboxylic acids is 1. The fourth-order valence-corrected chi connectivity index (χ4v) is 2.88. The van der Waals surface area contributed by atoms with Gasteiger partial charge in [0.25, 0.3) is 0 Å². The monoisotopic (exact) mass is 301 g/mol. The molecule has 0 bridgehead atoms. The molecule has 0 aromatic rings. The van der Waals surface area contributed by atoms with Crippen molar-refractivity contribution in [1.82, 2.24) is 5.32 Å². The number of aliphatic hydroxyl groups is 3. The first-order valence-electron chi connectivity index (χ1n) is 7.23. The Labute approximate surface area is 125 Å². The molecule has 21 heavy (non-hydrogen) atoms. The van der Waals surface area contributed by atoms with Gasteiger partial charge in [-0.05, 0) is 17.8 Å². The minimum atomic E-state index is -1.01. The van der Waals surface area contributed by atoms with Crippen molar-refractivity contribution in [2.24, 2.45) is 17.3 Å². The van der Waals surface area contributed by atoms with Crippen LogP contribution < -0.4 is 5.32 Å². The van der Waals surface area contributed by atoms with E-state index in [2.05, 4.69) is 11.9 Å². The molecular formula is C15H27NO5. The molecule has 0 heterocycles. The molecule has 0 aliphatic heterocycles. The van der Waals surface area contributed by atoms with Crippen molar-refractivity contribution in [3.8, 4) is 0 Å². The molecule has 0 aromatic carbocycles. The van der Waals surface area contributed by atoms with Crippen LogP contribution >= 0.6 is 0 Å². The number of alkyl carbamates (subject to hydrolysis) is 1. The van der Waals surface area contributed by atoms with E-state index < -0.39 is 24.3 Å². The zero-order valence-corrected chi connectivity index (χ0v) is 13.0. The first-order valence-corrected chi connectivity index (χ1v) is 7.23. The highest BCUT2D eigenvalue weighted by Crippen LogP contribution is 2.40. The van der Waals surface area contributed by atoms with Crippen LogP contribution in [0, 0.1) is 17.3 Å². The normalized spacial score (nSPS) is 33.3. The highest BCUT2D eigenvalue weighted by atomic mass is 16.5. The zero-order valence-electron chi connectivity index (χ0n) is 13.0. The van der Waals surface area contributed by atoms with Gasteiger partial charge >= 0.3 is 6.09 Å². The number of hydrogen-bond acceptors (Lipinski definition) is 5. The summed E-state index contributed by atoms with van der Waals surface area (Å²) in [4.78, 5) is 11.6. The average Bonchev–Trinajstić information content (AvgIpc) is 2.40. The van der Waals surface area contributed by atoms with E-state index in [-0.39, 0.29) is 30.5 Å². The molecule has 1 amide bonds. The highest BCUT2D eigenvalue weighted by Gasteiger charge is 2.47. The minimum absolute atomic E-state index is 0.0525. The number of carbonyl (C=O) groups is 1. The summed E-state index contributed by atoms with van der Waals surface area (Å²) < 4.78 is 4.83. The standard InChI is InChI=1S/C15H27NO5/c1-5-6-21-14(20)16-11-12(18)9(8-17)7-10(13(11)19)15(2,3)4/h5,9-13,17-19H,1,6-8H2,2-4H3,(H,16,20)/t9?,10?,11-,12-,13?/m0/s1. The summed E-state index contributed by atoms with van der Waals surface area (Å²) in [6.07, 6.45) is -0.701. The summed E-state index contributed by atoms with van der Waals surface area (Å²) in [6.45, 7) is 9.26. The fourth-order valence-electron chi connectivity index (χ4n) is 2.88. The van der Waals surface area contributed by atoms with Crippen LogP contribution in [-0.4, -0.2) is 52.9 Å². The van der Waals surface area contributed by atoms with E-state index in [0.29, 0.717) is 6.42 Å². The van der Waals surface area contributed by atoms with E-state index in [1.165, 1.54) is 6.08 Å². The third-order valence-electron chi connectivity index (χ3n) is 4.15. The predicted octanol–water partition coefficient (Wildman–Crippen LogP) is 0.663. The van der Waals surface area contributed by atoms with Crippen LogP contribution in [0.3, 0.4) is 0 Å². The number of nitrogens with one attached hydrogen (secondary N) is 1. The molecule has 1 fully saturated rings. The Morgan fingerprint density at radius 2 is 2.00 bits per heavy atom. The van der Waals surface area contributed by atoms with E-state index >= 15 is 0 Å². The Morgan fingerprint density at radius 3 is 2.48 bits per heavy atom. The third kappa shape index (κ3) is 4.43. The molecule has 0 aromatic heterocycles. The van der Waals surface area contributed by atoms with Gasteiger partial charge in [-0.25, -0.2) is 4.79 Å². The summed E-state index contributed by atoms with van der Waals surface area (Å²) in [5.41, 5.74) is -0.210. The Hall–Kier alpha value is -1.11. The van der Waals surface area contributed by atoms with Crippen LogP contribution in [0.25, 0.3) is 0 Å². The van der Waals surface area contributed by atoms with Crippen LogP contribution in [0.4, 0.5) is 4.79 Å². The van der Waals surface area contributed by atoms with E-state index in [9.17, 15) is 20.1 Å². The maximum Gasteiger partial charge on any atom is 0.407 e. The van der Waals surface area contributed by atoms with Gasteiger partial charge in [0, 0.05) is 12.5 Å². The Morgan fingerprint density at radius 1 is 1.38 bits per heavy atom. The van der Waals surface area contributed by atoms with Gasteiger partial charge in [0.1, 0.15) is 6.61 Å². The first kappa shape index (κ1) is 17.9. The summed E-state index contributed by atoms with van der Waals surface area (Å²) in [7, 11) is 0. The molecule has 5 atom stereocenters. The van der Waals surface area contributed by atoms with E-state index in [0.717, 1.165) is 0 Å². The second kappa shape index (κ2) is 7.24. The SMILES string of the molecule is C=CCOC(=O)N[C@@H]1C(O)C(C(C)(C)C)CC(CO)[C@@H]1O. The predicted molar refractivity (Wildman–Crippen MR) is 78.6 cm³/mol. The number of ether oxygens (including phenoxy) is 1. The molecule has 4 N–H and O–H groups in total. The molecule has 0 radical (unpaired) electrons. The molecule has 122 valence electrons. The number of hydrogen-bond donors (Lipinski definition) is 4. The molecule has 0 spiro atoms. The lowest BCUT2D eigenvalue weighted by Crippen LogP contribution is -2.61. The molecule has 1 rings (SSSR count). The van der Waals surface area contributed by atoms with Crippen molar-refractivity contribution in [3.05, 3.63) is 12.7 Å². The van der Waals surface area contributed by atoms with Gasteiger partial charge < -0.3 is 25.4 Å². The van der Waals surface area contributed by atoms with Crippen molar-refractivity contribution in [2.75, 3.05) is 13.2 Å². The van der Waals surface area contributed by atoms with Crippen molar-refractivity contribution in [1.29, 1.82) is 0 Å². The fraction of sp³-hybridized carbons (Fsp3) is 0.800. The smallest absolute Gasteiger partial charge is 0.407 e. The average molecular weight is 301 g/mol. The molecule has 6 heteroatoms. The maximum absolute atomic E-state index is 11.6. The molecule has 1 saturated carbocycles. The first-order chi connectivity index (χ1) is 9.72. The second-order valence-electron chi connectivity index (χ2n) is 6.69. The maximum atomic E-state index is 11.6. The van der Waals surface area contributed by atoms with Crippen LogP contribution in [0.15, 0.2) is 12.7 Å². The van der Waals surface area contributed by atoms with Crippen molar-refractivity contribution < 1.29 is 24.9 Å². The van der Waals surface area contributed by atoms with Crippen molar-refractivity contribution in [2.45, 2.75) is 45.4 Å². The summed E-state index contributed by atoms with van der Waals surface area (Å²) >= 11 is 0. The van der Waals surface area contributed by atoms with Gasteiger partial charge in [-0.1, -0.05) is 33.4 Å². The van der Waals surface area contributed by atoms with Crippen molar-refractivity contribution in [3.63, 3.8) is 0 Å². The van der Waals surface area contributed by atoms with Crippen LogP contribution in [0.2, 0.25) is 0 Å². The lowest BCUT2D eigenvalue weighted by molar-refractivity contribution is -0.102. The lowest BCUT2D eigenvalue weighted by Gasteiger charge is -2.47. The van der Waals surface area contributed by atoms with E-state index in [1.54, 1.807) is 0 Å². The Balaban J connectivity index is 2.86. The van der Waals surface area contributed by atoms with Gasteiger partial charge in [0.05, 0.1) is 18.2 Å².